The number of ketones is 1. The maximum Gasteiger partial charge on any atom is 0.166 e. The van der Waals surface area contributed by atoms with Crippen LogP contribution in [0.5, 0.6) is 0 Å². The Bertz CT molecular complexity index is 334. The van der Waals surface area contributed by atoms with E-state index in [0.29, 0.717) is 5.02 Å². The lowest BCUT2D eigenvalue weighted by Gasteiger charge is -2.07. The zero-order valence-electron chi connectivity index (χ0n) is 7.67. The van der Waals surface area contributed by atoms with Crippen molar-refractivity contribution in [2.45, 2.75) is 13.8 Å². The number of halogens is 1. The van der Waals surface area contributed by atoms with Crippen molar-refractivity contribution in [3.8, 4) is 0 Å². The molecule has 70 valence electrons. The maximum absolute atomic E-state index is 11.6. The van der Waals surface area contributed by atoms with Gasteiger partial charge < -0.3 is 0 Å². The van der Waals surface area contributed by atoms with E-state index in [1.165, 1.54) is 0 Å². The zero-order valence-corrected chi connectivity index (χ0v) is 9.58. The van der Waals surface area contributed by atoms with Gasteiger partial charge in [0.1, 0.15) is 0 Å². The predicted molar refractivity (Wildman–Crippen MR) is 60.0 cm³/mol. The molecule has 0 amide bonds. The van der Waals surface area contributed by atoms with Gasteiger partial charge in [-0.15, -0.1) is 9.24 Å². The molecule has 13 heavy (non-hydrogen) atoms. The van der Waals surface area contributed by atoms with Gasteiger partial charge in [0.05, 0.1) is 0 Å². The Kier molecular flexibility index (Phi) is 3.47. The Balaban J connectivity index is 3.09. The van der Waals surface area contributed by atoms with Crippen molar-refractivity contribution in [3.05, 3.63) is 28.8 Å². The number of benzene rings is 1. The Hall–Kier alpha value is -0.390. The molecule has 0 N–H and O–H groups in total. The molecule has 1 aromatic carbocycles. The number of rotatable bonds is 2. The largest absolute Gasteiger partial charge is 0.294 e. The van der Waals surface area contributed by atoms with E-state index >= 15 is 0 Å². The number of carbonyl (C=O) groups is 1. The van der Waals surface area contributed by atoms with E-state index in [0.717, 1.165) is 10.9 Å². The van der Waals surface area contributed by atoms with Crippen LogP contribution in [0.4, 0.5) is 0 Å². The third kappa shape index (κ3) is 2.52. The summed E-state index contributed by atoms with van der Waals surface area (Å²) in [5.74, 6) is 0.183. The van der Waals surface area contributed by atoms with E-state index in [9.17, 15) is 4.79 Å². The fraction of sp³-hybridized carbons (Fsp3) is 0.300. The van der Waals surface area contributed by atoms with Crippen LogP contribution in [0.2, 0.25) is 5.02 Å². The number of Topliss-reactive ketones (excluding diaryl/α,β-unsaturated/α-hetero) is 1. The van der Waals surface area contributed by atoms with Crippen LogP contribution in [0.1, 0.15) is 24.2 Å². The Morgan fingerprint density at radius 1 is 1.46 bits per heavy atom. The second-order valence-electron chi connectivity index (χ2n) is 3.25. The standard InChI is InChI=1S/C10H12ClOP/c1-6(2)10(12)8-4-3-7(11)5-9(8)13/h3-6H,13H2,1-2H3. The number of hydrogen-bond acceptors (Lipinski definition) is 1. The van der Waals surface area contributed by atoms with Gasteiger partial charge in [-0.1, -0.05) is 25.4 Å². The molecule has 0 heterocycles. The molecular formula is C10H12ClOP. The van der Waals surface area contributed by atoms with E-state index in [-0.39, 0.29) is 11.7 Å². The molecule has 3 heteroatoms. The van der Waals surface area contributed by atoms with Gasteiger partial charge in [0.2, 0.25) is 0 Å². The first-order chi connectivity index (χ1) is 6.02. The lowest BCUT2D eigenvalue weighted by atomic mass is 10.0. The molecular weight excluding hydrogens is 203 g/mol. The molecule has 0 spiro atoms. The summed E-state index contributed by atoms with van der Waals surface area (Å²) in [7, 11) is 2.53. The van der Waals surface area contributed by atoms with Gasteiger partial charge in [-0.3, -0.25) is 4.79 Å². The number of carbonyl (C=O) groups excluding carboxylic acids is 1. The van der Waals surface area contributed by atoms with Crippen LogP contribution in [0.25, 0.3) is 0 Å². The molecule has 1 nitrogen and oxygen atoms in total. The minimum atomic E-state index is 0.0282. The molecule has 1 atom stereocenters. The van der Waals surface area contributed by atoms with Gasteiger partial charge in [0.15, 0.2) is 5.78 Å². The lowest BCUT2D eigenvalue weighted by molar-refractivity contribution is 0.0940. The highest BCUT2D eigenvalue weighted by Gasteiger charge is 2.12. The van der Waals surface area contributed by atoms with Gasteiger partial charge >= 0.3 is 0 Å². The van der Waals surface area contributed by atoms with E-state index < -0.39 is 0 Å². The summed E-state index contributed by atoms with van der Waals surface area (Å²) in [6, 6.07) is 5.29. The fourth-order valence-electron chi connectivity index (χ4n) is 1.07. The second kappa shape index (κ2) is 4.21. The van der Waals surface area contributed by atoms with E-state index in [4.69, 9.17) is 11.6 Å². The van der Waals surface area contributed by atoms with Crippen molar-refractivity contribution in [2.75, 3.05) is 0 Å². The van der Waals surface area contributed by atoms with Crippen LogP contribution in [-0.2, 0) is 0 Å². The molecule has 1 aromatic rings. The third-order valence-corrected chi connectivity index (χ3v) is 2.52. The minimum Gasteiger partial charge on any atom is -0.294 e. The van der Waals surface area contributed by atoms with Crippen LogP contribution in [-0.4, -0.2) is 5.78 Å². The average Bonchev–Trinajstić information content (AvgIpc) is 2.03. The van der Waals surface area contributed by atoms with Crippen molar-refractivity contribution in [3.63, 3.8) is 0 Å². The lowest BCUT2D eigenvalue weighted by Crippen LogP contribution is -2.14. The molecule has 0 aromatic heterocycles. The molecule has 0 bridgehead atoms. The van der Waals surface area contributed by atoms with Crippen LogP contribution >= 0.6 is 20.8 Å². The first kappa shape index (κ1) is 10.7. The van der Waals surface area contributed by atoms with Crippen LogP contribution in [0.15, 0.2) is 18.2 Å². The van der Waals surface area contributed by atoms with Crippen LogP contribution in [0, 0.1) is 5.92 Å². The van der Waals surface area contributed by atoms with Gasteiger partial charge in [-0.2, -0.15) is 0 Å². The molecule has 1 unspecified atom stereocenters. The highest BCUT2D eigenvalue weighted by atomic mass is 35.5. The summed E-state index contributed by atoms with van der Waals surface area (Å²) in [5, 5.41) is 1.52. The van der Waals surface area contributed by atoms with Gasteiger partial charge in [-0.05, 0) is 23.5 Å². The topological polar surface area (TPSA) is 17.1 Å². The molecule has 0 aliphatic heterocycles. The van der Waals surface area contributed by atoms with Crippen molar-refractivity contribution in [1.29, 1.82) is 0 Å². The monoisotopic (exact) mass is 214 g/mol. The van der Waals surface area contributed by atoms with Gasteiger partial charge in [0.25, 0.3) is 0 Å². The first-order valence-corrected chi connectivity index (χ1v) is 5.07. The normalized spacial score (nSPS) is 10.5. The summed E-state index contributed by atoms with van der Waals surface area (Å²) < 4.78 is 0. The maximum atomic E-state index is 11.6. The molecule has 0 aliphatic carbocycles. The highest BCUT2D eigenvalue weighted by molar-refractivity contribution is 7.27. The third-order valence-electron chi connectivity index (χ3n) is 1.80. The minimum absolute atomic E-state index is 0.0282. The molecule has 0 aliphatic rings. The summed E-state index contributed by atoms with van der Waals surface area (Å²) in [4.78, 5) is 11.6. The second-order valence-corrected chi connectivity index (χ2v) is 4.31. The molecule has 0 saturated carbocycles. The fourth-order valence-corrected chi connectivity index (χ4v) is 1.77. The van der Waals surface area contributed by atoms with Crippen molar-refractivity contribution >= 4 is 31.9 Å². The Morgan fingerprint density at radius 2 is 2.08 bits per heavy atom. The molecule has 1 rings (SSSR count). The summed E-state index contributed by atoms with van der Waals surface area (Å²) in [6.07, 6.45) is 0. The molecule has 0 saturated heterocycles. The van der Waals surface area contributed by atoms with Gasteiger partial charge in [-0.25, -0.2) is 0 Å². The zero-order chi connectivity index (χ0) is 10.0. The molecule has 0 fully saturated rings. The summed E-state index contributed by atoms with van der Waals surface area (Å²) >= 11 is 5.78. The van der Waals surface area contributed by atoms with E-state index in [1.807, 2.05) is 13.8 Å². The van der Waals surface area contributed by atoms with E-state index in [1.54, 1.807) is 18.2 Å². The predicted octanol–water partition coefficient (Wildman–Crippen LogP) is 2.68. The number of hydrogen-bond donors (Lipinski definition) is 0. The van der Waals surface area contributed by atoms with E-state index in [2.05, 4.69) is 9.24 Å². The summed E-state index contributed by atoms with van der Waals surface area (Å²) in [6.45, 7) is 3.78. The van der Waals surface area contributed by atoms with Crippen molar-refractivity contribution in [2.24, 2.45) is 5.92 Å². The van der Waals surface area contributed by atoms with Crippen molar-refractivity contribution < 1.29 is 4.79 Å². The summed E-state index contributed by atoms with van der Waals surface area (Å²) in [5.41, 5.74) is 0.740. The van der Waals surface area contributed by atoms with Crippen LogP contribution < -0.4 is 5.30 Å². The SMILES string of the molecule is CC(C)C(=O)c1ccc(Cl)cc1P. The quantitative estimate of drug-likeness (QED) is 0.547. The highest BCUT2D eigenvalue weighted by Crippen LogP contribution is 2.13. The molecule has 0 radical (unpaired) electrons. The Labute approximate surface area is 85.7 Å². The van der Waals surface area contributed by atoms with Gasteiger partial charge in [0, 0.05) is 16.5 Å². The van der Waals surface area contributed by atoms with Crippen molar-refractivity contribution in [1.82, 2.24) is 0 Å². The average molecular weight is 215 g/mol. The first-order valence-electron chi connectivity index (χ1n) is 4.11. The van der Waals surface area contributed by atoms with Crippen LogP contribution in [0.3, 0.4) is 0 Å². The Morgan fingerprint density at radius 3 is 2.54 bits per heavy atom. The smallest absolute Gasteiger partial charge is 0.166 e.